The Balaban J connectivity index is 0.998. The van der Waals surface area contributed by atoms with Gasteiger partial charge >= 0.3 is 0 Å². The Morgan fingerprint density at radius 1 is 0.791 bits per heavy atom. The highest BCUT2D eigenvalue weighted by atomic mass is 19.1. The molecule has 3 aromatic carbocycles. The zero-order valence-electron chi connectivity index (χ0n) is 24.0. The molecule has 2 fully saturated rings. The number of anilines is 1. The van der Waals surface area contributed by atoms with E-state index in [2.05, 4.69) is 49.5 Å². The summed E-state index contributed by atoms with van der Waals surface area (Å²) in [6, 6.07) is 19.1. The highest BCUT2D eigenvalue weighted by Crippen LogP contribution is 2.30. The number of nitrogens with one attached hydrogen (secondary N) is 1. The fraction of sp³-hybridized carbons (Fsp3) is 0.394. The van der Waals surface area contributed by atoms with Gasteiger partial charge in [-0.3, -0.25) is 4.90 Å². The number of aromatic nitrogens is 3. The van der Waals surface area contributed by atoms with Gasteiger partial charge in [0.2, 0.25) is 0 Å². The average molecular weight is 591 g/mol. The molecule has 0 aliphatic carbocycles. The van der Waals surface area contributed by atoms with Crippen LogP contribution in [0.3, 0.4) is 0 Å². The Morgan fingerprint density at radius 2 is 1.44 bits per heavy atom. The van der Waals surface area contributed by atoms with E-state index < -0.39 is 17.2 Å². The number of β-amino-alcohol motifs (C(OH)–C–C–N with tert-alkyl or cyclic N) is 1. The molecule has 2 aliphatic rings. The lowest BCUT2D eigenvalue weighted by atomic mass is 9.90. The van der Waals surface area contributed by atoms with Gasteiger partial charge < -0.3 is 15.3 Å². The Morgan fingerprint density at radius 3 is 2.07 bits per heavy atom. The van der Waals surface area contributed by atoms with Gasteiger partial charge in [0.15, 0.2) is 0 Å². The molecular weight excluding hydrogens is 553 g/mol. The first-order valence-electron chi connectivity index (χ1n) is 14.9. The molecule has 1 atom stereocenters. The summed E-state index contributed by atoms with van der Waals surface area (Å²) in [5, 5.41) is 19.5. The summed E-state index contributed by atoms with van der Waals surface area (Å²) in [5.74, 6) is -1.68. The van der Waals surface area contributed by atoms with Gasteiger partial charge in [-0.05, 0) is 80.2 Å². The van der Waals surface area contributed by atoms with Crippen LogP contribution in [0.5, 0.6) is 0 Å². The van der Waals surface area contributed by atoms with Crippen molar-refractivity contribution in [3.8, 4) is 11.1 Å². The molecular formula is C33H37F3N6O. The van der Waals surface area contributed by atoms with E-state index in [-0.39, 0.29) is 24.5 Å². The second-order valence-corrected chi connectivity index (χ2v) is 11.8. The summed E-state index contributed by atoms with van der Waals surface area (Å²) in [7, 11) is 0. The van der Waals surface area contributed by atoms with Crippen LogP contribution in [0.25, 0.3) is 11.1 Å². The maximum Gasteiger partial charge on any atom is 0.137 e. The topological polar surface area (TPSA) is 69.5 Å². The van der Waals surface area contributed by atoms with Crippen molar-refractivity contribution in [1.82, 2.24) is 24.6 Å². The molecule has 2 aliphatic heterocycles. The Bertz CT molecular complexity index is 1470. The Labute approximate surface area is 250 Å². The van der Waals surface area contributed by atoms with Crippen LogP contribution in [0.1, 0.15) is 31.2 Å². The molecule has 1 aromatic heterocycles. The van der Waals surface area contributed by atoms with Crippen molar-refractivity contribution in [3.63, 3.8) is 0 Å². The number of likely N-dealkylation sites (tertiary alicyclic amines) is 2. The first kappa shape index (κ1) is 29.3. The minimum atomic E-state index is -1.58. The van der Waals surface area contributed by atoms with E-state index >= 15 is 0 Å². The quantitative estimate of drug-likeness (QED) is 0.276. The van der Waals surface area contributed by atoms with Crippen LogP contribution in [0.2, 0.25) is 0 Å². The number of benzene rings is 3. The van der Waals surface area contributed by atoms with Crippen molar-refractivity contribution in [2.24, 2.45) is 0 Å². The predicted molar refractivity (Wildman–Crippen MR) is 160 cm³/mol. The zero-order chi connectivity index (χ0) is 29.8. The molecule has 3 heterocycles. The van der Waals surface area contributed by atoms with Gasteiger partial charge in [0.25, 0.3) is 0 Å². The minimum Gasteiger partial charge on any atom is -0.382 e. The monoisotopic (exact) mass is 590 g/mol. The van der Waals surface area contributed by atoms with Crippen LogP contribution in [-0.4, -0.2) is 74.5 Å². The highest BCUT2D eigenvalue weighted by Gasteiger charge is 2.37. The molecule has 0 amide bonds. The maximum atomic E-state index is 14.8. The SMILES string of the molecule is OC(CN1CCC(N2CCC(Nc3ccc(-c4ccc(F)cc4)cc3)CC2)CC1)(Cn1cncn1)c1ccc(F)cc1F. The summed E-state index contributed by atoms with van der Waals surface area (Å²) in [6.07, 6.45) is 6.91. The maximum absolute atomic E-state index is 14.8. The van der Waals surface area contributed by atoms with Crippen LogP contribution >= 0.6 is 0 Å². The second-order valence-electron chi connectivity index (χ2n) is 11.8. The number of nitrogens with zero attached hydrogens (tertiary/aromatic N) is 5. The molecule has 10 heteroatoms. The fourth-order valence-electron chi connectivity index (χ4n) is 6.53. The third kappa shape index (κ3) is 7.09. The molecule has 43 heavy (non-hydrogen) atoms. The van der Waals surface area contributed by atoms with E-state index in [1.165, 1.54) is 41.6 Å². The largest absolute Gasteiger partial charge is 0.382 e. The molecule has 2 N–H and O–H groups in total. The van der Waals surface area contributed by atoms with E-state index in [1.54, 1.807) is 12.1 Å². The lowest BCUT2D eigenvalue weighted by molar-refractivity contribution is -0.0323. The van der Waals surface area contributed by atoms with E-state index in [9.17, 15) is 18.3 Å². The third-order valence-electron chi connectivity index (χ3n) is 8.84. The summed E-state index contributed by atoms with van der Waals surface area (Å²) >= 11 is 0. The molecule has 1 unspecified atom stereocenters. The standard InChI is InChI=1S/C33H37F3N6O/c34-26-5-1-24(2-6-26)25-3-8-28(9-4-25)39-29-11-17-41(18-12-29)30-13-15-40(16-14-30)20-33(43,21-42-23-37-22-38-42)31-10-7-27(35)19-32(31)36/h1-10,19,22-23,29-30,39,43H,11-18,20-21H2. The smallest absolute Gasteiger partial charge is 0.137 e. The number of halogens is 3. The van der Waals surface area contributed by atoms with Crippen LogP contribution in [0.4, 0.5) is 18.9 Å². The molecule has 226 valence electrons. The summed E-state index contributed by atoms with van der Waals surface area (Å²) < 4.78 is 43.2. The van der Waals surface area contributed by atoms with Gasteiger partial charge in [0, 0.05) is 49.0 Å². The van der Waals surface area contributed by atoms with Crippen molar-refractivity contribution >= 4 is 5.69 Å². The second kappa shape index (κ2) is 12.9. The van der Waals surface area contributed by atoms with Gasteiger partial charge in [0.05, 0.1) is 6.54 Å². The molecule has 4 aromatic rings. The summed E-state index contributed by atoms with van der Waals surface area (Å²) in [5.41, 5.74) is 1.63. The van der Waals surface area contributed by atoms with Crippen LogP contribution in [0.15, 0.2) is 79.4 Å². The van der Waals surface area contributed by atoms with Gasteiger partial charge in [-0.25, -0.2) is 22.8 Å². The van der Waals surface area contributed by atoms with Crippen molar-refractivity contribution < 1.29 is 18.3 Å². The fourth-order valence-corrected chi connectivity index (χ4v) is 6.53. The van der Waals surface area contributed by atoms with E-state index in [0.29, 0.717) is 12.1 Å². The van der Waals surface area contributed by atoms with E-state index in [4.69, 9.17) is 0 Å². The number of aliphatic hydroxyl groups is 1. The molecule has 0 bridgehead atoms. The Kier molecular flexibility index (Phi) is 8.78. The number of hydrogen-bond acceptors (Lipinski definition) is 6. The number of rotatable bonds is 9. The van der Waals surface area contributed by atoms with Crippen LogP contribution in [-0.2, 0) is 12.1 Å². The minimum absolute atomic E-state index is 0.0188. The highest BCUT2D eigenvalue weighted by molar-refractivity contribution is 5.66. The van der Waals surface area contributed by atoms with Crippen molar-refractivity contribution in [1.29, 1.82) is 0 Å². The average Bonchev–Trinajstić information content (AvgIpc) is 3.51. The Hall–Kier alpha value is -3.73. The summed E-state index contributed by atoms with van der Waals surface area (Å²) in [6.45, 7) is 3.84. The molecule has 0 spiro atoms. The van der Waals surface area contributed by atoms with Gasteiger partial charge in [-0.15, -0.1) is 0 Å². The van der Waals surface area contributed by atoms with Gasteiger partial charge in [-0.1, -0.05) is 30.3 Å². The zero-order valence-corrected chi connectivity index (χ0v) is 24.0. The van der Waals surface area contributed by atoms with Crippen molar-refractivity contribution in [2.75, 3.05) is 38.0 Å². The molecule has 6 rings (SSSR count). The van der Waals surface area contributed by atoms with Gasteiger partial charge in [-0.2, -0.15) is 5.10 Å². The molecule has 7 nitrogen and oxygen atoms in total. The van der Waals surface area contributed by atoms with Crippen molar-refractivity contribution in [2.45, 2.75) is 49.9 Å². The summed E-state index contributed by atoms with van der Waals surface area (Å²) in [4.78, 5) is 8.69. The lowest BCUT2D eigenvalue weighted by Crippen LogP contribution is -2.52. The lowest BCUT2D eigenvalue weighted by Gasteiger charge is -2.43. The van der Waals surface area contributed by atoms with E-state index in [0.717, 1.165) is 74.7 Å². The molecule has 2 saturated heterocycles. The number of hydrogen-bond donors (Lipinski definition) is 2. The first-order chi connectivity index (χ1) is 20.8. The molecule has 0 saturated carbocycles. The van der Waals surface area contributed by atoms with E-state index in [1.807, 2.05) is 0 Å². The first-order valence-corrected chi connectivity index (χ1v) is 14.9. The van der Waals surface area contributed by atoms with Gasteiger partial charge in [0.1, 0.15) is 35.7 Å². The normalized spacial score (nSPS) is 18.9. The number of piperidine rings is 2. The third-order valence-corrected chi connectivity index (χ3v) is 8.84. The predicted octanol–water partition coefficient (Wildman–Crippen LogP) is 5.29. The molecule has 0 radical (unpaired) electrons. The van der Waals surface area contributed by atoms with Crippen LogP contribution < -0.4 is 5.32 Å². The van der Waals surface area contributed by atoms with Crippen LogP contribution in [0, 0.1) is 17.5 Å². The van der Waals surface area contributed by atoms with Crippen molar-refractivity contribution in [3.05, 3.63) is 102 Å².